The van der Waals surface area contributed by atoms with Gasteiger partial charge < -0.3 is 20.1 Å². The van der Waals surface area contributed by atoms with E-state index in [2.05, 4.69) is 111 Å². The van der Waals surface area contributed by atoms with Crippen molar-refractivity contribution in [3.05, 3.63) is 97.2 Å². The van der Waals surface area contributed by atoms with Gasteiger partial charge in [-0.05, 0) is 83.5 Å². The van der Waals surface area contributed by atoms with Gasteiger partial charge in [0.2, 0.25) is 0 Å². The molecule has 0 radical (unpaired) electrons. The summed E-state index contributed by atoms with van der Waals surface area (Å²) in [6.45, 7) is 4.42. The van der Waals surface area contributed by atoms with Crippen LogP contribution in [0.15, 0.2) is 97.2 Å². The minimum absolute atomic E-state index is 0.0544. The largest absolute Gasteiger partial charge is 0.472 e. The van der Waals surface area contributed by atoms with Gasteiger partial charge in [0.05, 0.1) is 19.8 Å². The van der Waals surface area contributed by atoms with E-state index in [4.69, 9.17) is 24.3 Å². The molecular weight excluding hydrogens is 625 g/mol. The van der Waals surface area contributed by atoms with Gasteiger partial charge in [0.1, 0.15) is 6.10 Å². The van der Waals surface area contributed by atoms with Gasteiger partial charge in [-0.15, -0.1) is 0 Å². The molecule has 0 heterocycles. The Bertz CT molecular complexity index is 1040. The third-order valence-corrected chi connectivity index (χ3v) is 7.48. The Morgan fingerprint density at radius 3 is 1.56 bits per heavy atom. The fourth-order valence-corrected chi connectivity index (χ4v) is 4.75. The van der Waals surface area contributed by atoms with Gasteiger partial charge in [0, 0.05) is 19.6 Å². The molecule has 3 N–H and O–H groups in total. The molecule has 0 aromatic rings. The van der Waals surface area contributed by atoms with Crippen molar-refractivity contribution in [2.45, 2.75) is 110 Å². The lowest BCUT2D eigenvalue weighted by Crippen LogP contribution is -2.28. The molecule has 0 saturated carbocycles. The molecule has 8 nitrogen and oxygen atoms in total. The van der Waals surface area contributed by atoms with Crippen LogP contribution in [-0.2, 0) is 27.9 Å². The Labute approximate surface area is 291 Å². The Morgan fingerprint density at radius 1 is 0.625 bits per heavy atom. The van der Waals surface area contributed by atoms with Crippen molar-refractivity contribution in [2.75, 3.05) is 33.0 Å². The second-order valence-corrected chi connectivity index (χ2v) is 12.4. The third-order valence-electron chi connectivity index (χ3n) is 6.50. The quantitative estimate of drug-likeness (QED) is 0.0310. The second kappa shape index (κ2) is 35.7. The molecule has 2 unspecified atom stereocenters. The lowest BCUT2D eigenvalue weighted by Gasteiger charge is -2.20. The Hall–Kier alpha value is -2.58. The van der Waals surface area contributed by atoms with Crippen LogP contribution in [0.1, 0.15) is 104 Å². The summed E-state index contributed by atoms with van der Waals surface area (Å²) in [6, 6.07) is 0. The molecule has 9 heteroatoms. The number of nitrogens with two attached hydrogens (primary N) is 1. The van der Waals surface area contributed by atoms with Crippen molar-refractivity contribution in [2.24, 2.45) is 5.73 Å². The Morgan fingerprint density at radius 2 is 1.08 bits per heavy atom. The number of ether oxygens (including phenoxy) is 2. The molecule has 0 aromatic carbocycles. The Kier molecular flexibility index (Phi) is 33.8. The Balaban J connectivity index is 4.34. The summed E-state index contributed by atoms with van der Waals surface area (Å²) in [5, 5.41) is 0. The highest BCUT2D eigenvalue weighted by Crippen LogP contribution is 2.43. The molecule has 0 amide bonds. The fraction of sp³-hybridized carbons (Fsp3) is 0.564. The van der Waals surface area contributed by atoms with Crippen LogP contribution < -0.4 is 5.73 Å². The monoisotopic (exact) mass is 689 g/mol. The van der Waals surface area contributed by atoms with E-state index in [0.29, 0.717) is 13.0 Å². The van der Waals surface area contributed by atoms with Gasteiger partial charge in [-0.1, -0.05) is 111 Å². The lowest BCUT2D eigenvalue weighted by molar-refractivity contribution is -0.154. The van der Waals surface area contributed by atoms with Crippen molar-refractivity contribution >= 4 is 13.8 Å². The highest BCUT2D eigenvalue weighted by Gasteiger charge is 2.25. The van der Waals surface area contributed by atoms with Crippen LogP contribution >= 0.6 is 7.82 Å². The summed E-state index contributed by atoms with van der Waals surface area (Å²) in [5.74, 6) is -0.396. The van der Waals surface area contributed by atoms with Gasteiger partial charge in [0.25, 0.3) is 0 Å². The van der Waals surface area contributed by atoms with Crippen LogP contribution in [0.2, 0.25) is 0 Å². The summed E-state index contributed by atoms with van der Waals surface area (Å²) < 4.78 is 33.1. The van der Waals surface area contributed by atoms with E-state index in [0.717, 1.165) is 77.0 Å². The number of carbonyl (C=O) groups is 1. The van der Waals surface area contributed by atoms with Crippen LogP contribution in [0.5, 0.6) is 0 Å². The predicted molar refractivity (Wildman–Crippen MR) is 201 cm³/mol. The van der Waals surface area contributed by atoms with Crippen LogP contribution in [0.25, 0.3) is 0 Å². The third kappa shape index (κ3) is 34.7. The highest BCUT2D eigenvalue weighted by atomic mass is 31.2. The normalized spacial score (nSPS) is 14.8. The maximum Gasteiger partial charge on any atom is 0.472 e. The summed E-state index contributed by atoms with van der Waals surface area (Å²) in [4.78, 5) is 22.3. The molecule has 0 aliphatic heterocycles. The maximum absolute atomic E-state index is 12.5. The zero-order chi connectivity index (χ0) is 35.2. The van der Waals surface area contributed by atoms with Gasteiger partial charge in [0.15, 0.2) is 0 Å². The van der Waals surface area contributed by atoms with Crippen molar-refractivity contribution in [3.63, 3.8) is 0 Å². The van der Waals surface area contributed by atoms with Gasteiger partial charge >= 0.3 is 13.8 Å². The predicted octanol–water partition coefficient (Wildman–Crippen LogP) is 9.96. The number of esters is 1. The first kappa shape index (κ1) is 45.4. The number of rotatable bonds is 32. The lowest BCUT2D eigenvalue weighted by atomic mass is 10.2. The smallest absolute Gasteiger partial charge is 0.457 e. The van der Waals surface area contributed by atoms with E-state index >= 15 is 0 Å². The van der Waals surface area contributed by atoms with Crippen molar-refractivity contribution in [1.29, 1.82) is 0 Å². The average molecular weight is 690 g/mol. The molecule has 0 fully saturated rings. The molecular formula is C39H64NO7P. The van der Waals surface area contributed by atoms with E-state index in [1.807, 2.05) is 0 Å². The summed E-state index contributed by atoms with van der Waals surface area (Å²) in [5.41, 5.74) is 5.34. The van der Waals surface area contributed by atoms with Crippen LogP contribution in [0.3, 0.4) is 0 Å². The molecule has 0 aliphatic rings. The first-order valence-electron chi connectivity index (χ1n) is 17.7. The molecule has 0 aromatic heterocycles. The number of phosphoric acid groups is 1. The topological polar surface area (TPSA) is 117 Å². The van der Waals surface area contributed by atoms with Crippen molar-refractivity contribution < 1.29 is 32.8 Å². The summed E-state index contributed by atoms with van der Waals surface area (Å²) in [6.07, 6.45) is 45.8. The number of hydrogen-bond donors (Lipinski definition) is 2. The number of unbranched alkanes of at least 4 members (excludes halogenated alkanes) is 3. The van der Waals surface area contributed by atoms with Crippen LogP contribution in [0.4, 0.5) is 0 Å². The van der Waals surface area contributed by atoms with Crippen LogP contribution in [-0.4, -0.2) is 49.9 Å². The zero-order valence-corrected chi connectivity index (χ0v) is 30.6. The van der Waals surface area contributed by atoms with Gasteiger partial charge in [-0.2, -0.15) is 0 Å². The standard InChI is InChI=1S/C39H64NO7P/c1-3-5-7-9-11-13-15-17-19-20-22-24-26-28-30-32-39(41)47-38(37-46-48(42,43)45-35-33-40)36-44-34-31-29-27-25-23-21-18-16-14-12-10-8-6-4-2/h5-8,11-14,17-19,21-22,24-25,27,38H,3-4,9-10,15-16,20,23,26,28-37,40H2,1-2H3,(H,42,43)/b7-5-,8-6-,13-11-,14-12-,19-17-,21-18-,24-22-,27-25-. The molecule has 48 heavy (non-hydrogen) atoms. The minimum Gasteiger partial charge on any atom is -0.457 e. The number of phosphoric ester groups is 1. The second-order valence-electron chi connectivity index (χ2n) is 11.0. The maximum atomic E-state index is 12.5. The van der Waals surface area contributed by atoms with E-state index in [1.165, 1.54) is 0 Å². The molecule has 0 spiro atoms. The highest BCUT2D eigenvalue weighted by molar-refractivity contribution is 7.47. The number of carbonyl (C=O) groups excluding carboxylic acids is 1. The molecule has 2 atom stereocenters. The molecule has 0 saturated heterocycles. The average Bonchev–Trinajstić information content (AvgIpc) is 3.07. The molecule has 0 rings (SSSR count). The minimum atomic E-state index is -4.30. The van der Waals surface area contributed by atoms with Gasteiger partial charge in [-0.25, -0.2) is 4.57 Å². The summed E-state index contributed by atoms with van der Waals surface area (Å²) >= 11 is 0. The molecule has 0 bridgehead atoms. The number of hydrogen-bond acceptors (Lipinski definition) is 7. The summed E-state index contributed by atoms with van der Waals surface area (Å²) in [7, 11) is -4.30. The van der Waals surface area contributed by atoms with Gasteiger partial charge in [-0.3, -0.25) is 13.8 Å². The number of allylic oxidation sites excluding steroid dienone is 16. The van der Waals surface area contributed by atoms with Crippen molar-refractivity contribution in [1.82, 2.24) is 0 Å². The zero-order valence-electron chi connectivity index (χ0n) is 29.7. The SMILES string of the molecule is CC/C=C\C/C=C\C/C=C\C/C=C\CCCCC(=O)OC(COCCC/C=C\C/C=C\C/C=C\C/C=C\CC)COP(=O)(O)OCCN. The van der Waals surface area contributed by atoms with Crippen molar-refractivity contribution in [3.8, 4) is 0 Å². The van der Waals surface area contributed by atoms with Crippen LogP contribution in [0, 0.1) is 0 Å². The first-order valence-corrected chi connectivity index (χ1v) is 19.2. The van der Waals surface area contributed by atoms with E-state index in [9.17, 15) is 14.3 Å². The molecule has 0 aliphatic carbocycles. The van der Waals surface area contributed by atoms with E-state index < -0.39 is 19.9 Å². The van der Waals surface area contributed by atoms with E-state index in [1.54, 1.807) is 0 Å². The fourth-order valence-electron chi connectivity index (χ4n) is 3.99. The van der Waals surface area contributed by atoms with E-state index in [-0.39, 0.29) is 32.8 Å². The first-order chi connectivity index (χ1) is 23.4. The molecule has 272 valence electrons.